The van der Waals surface area contributed by atoms with E-state index in [1.165, 1.54) is 0 Å². The first-order chi connectivity index (χ1) is 14.2. The Morgan fingerprint density at radius 1 is 0.759 bits per heavy atom. The number of benzene rings is 3. The molecule has 0 aliphatic rings. The van der Waals surface area contributed by atoms with E-state index >= 15 is 0 Å². The molecule has 3 N–H and O–H groups in total. The molecule has 3 aromatic carbocycles. The van der Waals surface area contributed by atoms with Crippen molar-refractivity contribution < 1.29 is 5.11 Å². The lowest BCUT2D eigenvalue weighted by molar-refractivity contribution is 0.477. The van der Waals surface area contributed by atoms with Crippen LogP contribution in [0.25, 0.3) is 11.4 Å². The number of nitrogens with zero attached hydrogens (tertiary/aromatic N) is 3. The Morgan fingerprint density at radius 2 is 1.41 bits per heavy atom. The Labute approximate surface area is 168 Å². The van der Waals surface area contributed by atoms with Gasteiger partial charge in [-0.25, -0.2) is 9.97 Å². The Hall–Kier alpha value is -4.37. The average molecular weight is 379 g/mol. The van der Waals surface area contributed by atoms with Crippen molar-refractivity contribution in [2.24, 2.45) is 0 Å². The van der Waals surface area contributed by atoms with Gasteiger partial charge in [0, 0.05) is 17.3 Å². The number of hydrogen-bond donors (Lipinski definition) is 3. The number of rotatable bonds is 5. The second-order valence-corrected chi connectivity index (χ2v) is 6.28. The second kappa shape index (κ2) is 8.11. The summed E-state index contributed by atoms with van der Waals surface area (Å²) < 4.78 is 0. The first-order valence-electron chi connectivity index (χ1n) is 8.98. The van der Waals surface area contributed by atoms with Crippen LogP contribution in [0.2, 0.25) is 0 Å². The third-order valence-corrected chi connectivity index (χ3v) is 4.21. The van der Waals surface area contributed by atoms with E-state index in [0.717, 1.165) is 11.3 Å². The summed E-state index contributed by atoms with van der Waals surface area (Å²) in [5.74, 6) is 1.80. The summed E-state index contributed by atoms with van der Waals surface area (Å²) in [6.45, 7) is 0. The highest BCUT2D eigenvalue weighted by Gasteiger charge is 2.09. The third kappa shape index (κ3) is 4.31. The van der Waals surface area contributed by atoms with Gasteiger partial charge in [0.15, 0.2) is 5.82 Å². The summed E-state index contributed by atoms with van der Waals surface area (Å²) in [6.07, 6.45) is 0. The van der Waals surface area contributed by atoms with Gasteiger partial charge in [-0.15, -0.1) is 0 Å². The lowest BCUT2D eigenvalue weighted by Gasteiger charge is -2.12. The van der Waals surface area contributed by atoms with Gasteiger partial charge < -0.3 is 15.7 Å². The topological polar surface area (TPSA) is 93.9 Å². The molecule has 6 heteroatoms. The van der Waals surface area contributed by atoms with E-state index in [1.807, 2.05) is 48.5 Å². The van der Waals surface area contributed by atoms with Gasteiger partial charge in [0.2, 0.25) is 0 Å². The number of phenols is 1. The Bertz CT molecular complexity index is 1170. The number of phenolic OH excluding ortho intramolecular Hbond substituents is 1. The van der Waals surface area contributed by atoms with Crippen LogP contribution in [-0.2, 0) is 0 Å². The van der Waals surface area contributed by atoms with Crippen LogP contribution in [0, 0.1) is 11.3 Å². The maximum atomic E-state index is 10.1. The van der Waals surface area contributed by atoms with E-state index in [1.54, 1.807) is 36.4 Å². The molecular weight excluding hydrogens is 362 g/mol. The molecular formula is C23H17N5O. The molecule has 4 rings (SSSR count). The van der Waals surface area contributed by atoms with E-state index < -0.39 is 0 Å². The van der Waals surface area contributed by atoms with Crippen molar-refractivity contribution >= 4 is 23.0 Å². The van der Waals surface area contributed by atoms with E-state index in [-0.39, 0.29) is 5.75 Å². The van der Waals surface area contributed by atoms with Crippen molar-refractivity contribution in [2.45, 2.75) is 0 Å². The molecule has 0 spiro atoms. The largest absolute Gasteiger partial charge is 0.506 e. The highest BCUT2D eigenvalue weighted by molar-refractivity contribution is 5.70. The van der Waals surface area contributed by atoms with Crippen LogP contribution in [-0.4, -0.2) is 15.1 Å². The number of anilines is 4. The average Bonchev–Trinajstić information content (AvgIpc) is 2.76. The maximum absolute atomic E-state index is 10.1. The molecule has 0 unspecified atom stereocenters. The number of nitriles is 1. The quantitative estimate of drug-likeness (QED) is 0.412. The number of para-hydroxylation sites is 2. The molecule has 1 heterocycles. The Kier molecular flexibility index (Phi) is 5.04. The van der Waals surface area contributed by atoms with Gasteiger partial charge in [-0.05, 0) is 36.4 Å². The molecule has 0 saturated heterocycles. The third-order valence-electron chi connectivity index (χ3n) is 4.21. The second-order valence-electron chi connectivity index (χ2n) is 6.28. The van der Waals surface area contributed by atoms with Gasteiger partial charge >= 0.3 is 0 Å². The lowest BCUT2D eigenvalue weighted by atomic mass is 10.2. The minimum Gasteiger partial charge on any atom is -0.506 e. The van der Waals surface area contributed by atoms with E-state index in [2.05, 4.69) is 26.7 Å². The smallest absolute Gasteiger partial charge is 0.163 e. The van der Waals surface area contributed by atoms with Gasteiger partial charge in [0.05, 0.1) is 17.3 Å². The molecule has 0 saturated carbocycles. The molecule has 140 valence electrons. The zero-order valence-corrected chi connectivity index (χ0v) is 15.4. The standard InChI is InChI=1S/C23H17N5O/c24-15-16-10-12-18(13-11-16)25-21-14-22(26-19-8-4-5-9-20(19)29)28-23(27-21)17-6-2-1-3-7-17/h1-14,29H,(H2,25,26,27,28). The number of hydrogen-bond acceptors (Lipinski definition) is 6. The van der Waals surface area contributed by atoms with Crippen LogP contribution in [0.5, 0.6) is 5.75 Å². The van der Waals surface area contributed by atoms with Crippen molar-refractivity contribution in [3.05, 3.63) is 90.5 Å². The molecule has 6 nitrogen and oxygen atoms in total. The summed E-state index contributed by atoms with van der Waals surface area (Å²) >= 11 is 0. The summed E-state index contributed by atoms with van der Waals surface area (Å²) in [5, 5.41) is 25.4. The van der Waals surface area contributed by atoms with Crippen LogP contribution in [0.3, 0.4) is 0 Å². The number of nitrogens with one attached hydrogen (secondary N) is 2. The summed E-state index contributed by atoms with van der Waals surface area (Å²) in [6, 6.07) is 27.6. The number of aromatic nitrogens is 2. The highest BCUT2D eigenvalue weighted by atomic mass is 16.3. The fourth-order valence-corrected chi connectivity index (χ4v) is 2.78. The van der Waals surface area contributed by atoms with Gasteiger partial charge in [-0.3, -0.25) is 0 Å². The molecule has 0 amide bonds. The first kappa shape index (κ1) is 18.0. The molecule has 0 aliphatic heterocycles. The van der Waals surface area contributed by atoms with E-state index in [0.29, 0.717) is 28.7 Å². The SMILES string of the molecule is N#Cc1ccc(Nc2cc(Nc3ccccc3O)nc(-c3ccccc3)n2)cc1. The molecule has 1 aromatic heterocycles. The fourth-order valence-electron chi connectivity index (χ4n) is 2.78. The zero-order valence-electron chi connectivity index (χ0n) is 15.4. The van der Waals surface area contributed by atoms with Gasteiger partial charge in [-0.2, -0.15) is 5.26 Å². The minimum atomic E-state index is 0.133. The van der Waals surface area contributed by atoms with Crippen molar-refractivity contribution in [1.29, 1.82) is 5.26 Å². The van der Waals surface area contributed by atoms with Crippen molar-refractivity contribution in [1.82, 2.24) is 9.97 Å². The van der Waals surface area contributed by atoms with Crippen LogP contribution >= 0.6 is 0 Å². The van der Waals surface area contributed by atoms with Crippen LogP contribution < -0.4 is 10.6 Å². The Morgan fingerprint density at radius 3 is 2.10 bits per heavy atom. The first-order valence-corrected chi connectivity index (χ1v) is 8.98. The monoisotopic (exact) mass is 379 g/mol. The zero-order chi connectivity index (χ0) is 20.1. The van der Waals surface area contributed by atoms with Crippen molar-refractivity contribution in [2.75, 3.05) is 10.6 Å². The van der Waals surface area contributed by atoms with Crippen LogP contribution in [0.15, 0.2) is 84.9 Å². The van der Waals surface area contributed by atoms with Crippen molar-refractivity contribution in [3.63, 3.8) is 0 Å². The summed E-state index contributed by atoms with van der Waals surface area (Å²) in [7, 11) is 0. The molecule has 0 bridgehead atoms. The van der Waals surface area contributed by atoms with E-state index in [9.17, 15) is 5.11 Å². The maximum Gasteiger partial charge on any atom is 0.163 e. The Balaban J connectivity index is 1.71. The van der Waals surface area contributed by atoms with Crippen LogP contribution in [0.1, 0.15) is 5.56 Å². The molecule has 0 atom stereocenters. The molecule has 0 radical (unpaired) electrons. The molecule has 29 heavy (non-hydrogen) atoms. The molecule has 4 aromatic rings. The van der Waals surface area contributed by atoms with E-state index in [4.69, 9.17) is 5.26 Å². The predicted octanol–water partition coefficient (Wildman–Crippen LogP) is 5.21. The predicted molar refractivity (Wildman–Crippen MR) is 113 cm³/mol. The van der Waals surface area contributed by atoms with Gasteiger partial charge in [-0.1, -0.05) is 42.5 Å². The van der Waals surface area contributed by atoms with Crippen molar-refractivity contribution in [3.8, 4) is 23.2 Å². The molecule has 0 fully saturated rings. The lowest BCUT2D eigenvalue weighted by Crippen LogP contribution is -2.02. The van der Waals surface area contributed by atoms with Gasteiger partial charge in [0.1, 0.15) is 17.4 Å². The van der Waals surface area contributed by atoms with Crippen LogP contribution in [0.4, 0.5) is 23.0 Å². The normalized spacial score (nSPS) is 10.2. The van der Waals surface area contributed by atoms with Gasteiger partial charge in [0.25, 0.3) is 0 Å². The number of aromatic hydroxyl groups is 1. The summed E-state index contributed by atoms with van der Waals surface area (Å²) in [4.78, 5) is 9.21. The fraction of sp³-hybridized carbons (Fsp3) is 0. The summed E-state index contributed by atoms with van der Waals surface area (Å²) in [5.41, 5.74) is 2.81. The highest BCUT2D eigenvalue weighted by Crippen LogP contribution is 2.28. The molecule has 0 aliphatic carbocycles. The minimum absolute atomic E-state index is 0.133.